The van der Waals surface area contributed by atoms with Gasteiger partial charge in [-0.05, 0) is 0 Å². The van der Waals surface area contributed by atoms with E-state index in [1.807, 2.05) is 26.0 Å². The minimum atomic E-state index is 0.767. The fourth-order valence-electron chi connectivity index (χ4n) is 1.10. The maximum atomic E-state index is 8.00. The molecule has 0 heterocycles. The second-order valence-electron chi connectivity index (χ2n) is 3.51. The van der Waals surface area contributed by atoms with Gasteiger partial charge >= 0.3 is 0 Å². The number of hydrogen-bond acceptors (Lipinski definition) is 4. The van der Waals surface area contributed by atoms with E-state index < -0.39 is 0 Å². The van der Waals surface area contributed by atoms with Crippen molar-refractivity contribution in [3.63, 3.8) is 0 Å². The standard InChI is InChI=1S/C7H18N3.HNO2/c1-8-7(9(2)3)10(4,5)6;2-1-3/h1-6H3;(H,2,3)/q+1;/p-1. The minimum Gasteiger partial charge on any atom is -0.444 e. The van der Waals surface area contributed by atoms with Gasteiger partial charge in [-0.25, -0.2) is 4.99 Å². The average Bonchev–Trinajstić information content (AvgIpc) is 1.85. The minimum absolute atomic E-state index is 0.767. The predicted octanol–water partition coefficient (Wildman–Crippen LogP) is 0.491. The Bertz CT molecular complexity index is 172. The largest absolute Gasteiger partial charge is 0.444 e. The smallest absolute Gasteiger partial charge is 0.298 e. The van der Waals surface area contributed by atoms with Gasteiger partial charge in [0.2, 0.25) is 0 Å². The summed E-state index contributed by atoms with van der Waals surface area (Å²) in [5.74, 6) is 1.07. The summed E-state index contributed by atoms with van der Waals surface area (Å²) in [5.41, 5.74) is 0. The van der Waals surface area contributed by atoms with Crippen LogP contribution in [-0.4, -0.2) is 57.6 Å². The zero-order valence-electron chi connectivity index (χ0n) is 9.11. The molecule has 0 aromatic heterocycles. The summed E-state index contributed by atoms with van der Waals surface area (Å²) < 4.78 is 0.767. The third-order valence-corrected chi connectivity index (χ3v) is 1.20. The Morgan fingerprint density at radius 2 is 1.62 bits per heavy atom. The van der Waals surface area contributed by atoms with Crippen LogP contribution in [0.3, 0.4) is 0 Å². The molecule has 0 amide bonds. The molecule has 0 saturated carbocycles. The van der Waals surface area contributed by atoms with E-state index in [2.05, 4.69) is 26.1 Å². The molecule has 0 spiro atoms. The monoisotopic (exact) mass is 190 g/mol. The van der Waals surface area contributed by atoms with Gasteiger partial charge in [0, 0.05) is 21.1 Å². The average molecular weight is 190 g/mol. The first-order valence-electron chi connectivity index (χ1n) is 3.72. The van der Waals surface area contributed by atoms with Gasteiger partial charge in [0.05, 0.1) is 21.1 Å². The zero-order chi connectivity index (χ0) is 11.1. The summed E-state index contributed by atoms with van der Waals surface area (Å²) >= 11 is 0. The Kier molecular flexibility index (Phi) is 7.02. The summed E-state index contributed by atoms with van der Waals surface area (Å²) in [5, 5.41) is 9.00. The highest BCUT2D eigenvalue weighted by Gasteiger charge is 2.18. The fraction of sp³-hybridized carbons (Fsp3) is 0.857. The topological polar surface area (TPSA) is 68.1 Å². The van der Waals surface area contributed by atoms with E-state index in [-0.39, 0.29) is 0 Å². The number of nitrogens with zero attached hydrogens (tertiary/aromatic N) is 4. The van der Waals surface area contributed by atoms with Crippen LogP contribution in [0.1, 0.15) is 0 Å². The number of rotatable bonds is 0. The molecule has 0 bridgehead atoms. The van der Waals surface area contributed by atoms with Crippen LogP contribution in [0.4, 0.5) is 0 Å². The normalized spacial score (nSPS) is 11.4. The molecule has 0 N–H and O–H groups in total. The summed E-state index contributed by atoms with van der Waals surface area (Å²) in [6, 6.07) is 0. The van der Waals surface area contributed by atoms with Gasteiger partial charge in [-0.1, -0.05) is 0 Å². The van der Waals surface area contributed by atoms with Crippen LogP contribution in [-0.2, 0) is 0 Å². The molecular formula is C7H18N4O2. The second-order valence-corrected chi connectivity index (χ2v) is 3.51. The van der Waals surface area contributed by atoms with Crippen molar-refractivity contribution in [1.29, 1.82) is 0 Å². The van der Waals surface area contributed by atoms with Crippen molar-refractivity contribution in [2.45, 2.75) is 0 Å². The van der Waals surface area contributed by atoms with Crippen molar-refractivity contribution >= 4 is 5.96 Å². The summed E-state index contributed by atoms with van der Waals surface area (Å²) in [6.45, 7) is 0. The Balaban J connectivity index is 0. The van der Waals surface area contributed by atoms with Crippen LogP contribution in [0.25, 0.3) is 0 Å². The molecule has 0 saturated heterocycles. The number of aliphatic imine (C=N–C) groups is 1. The predicted molar refractivity (Wildman–Crippen MR) is 54.2 cm³/mol. The Morgan fingerprint density at radius 1 is 1.31 bits per heavy atom. The van der Waals surface area contributed by atoms with E-state index >= 15 is 0 Å². The maximum Gasteiger partial charge on any atom is 0.298 e. The molecule has 6 heteroatoms. The maximum absolute atomic E-state index is 8.00. The summed E-state index contributed by atoms with van der Waals surface area (Å²) in [4.78, 5) is 14.2. The van der Waals surface area contributed by atoms with Crippen LogP contribution >= 0.6 is 0 Å². The highest BCUT2D eigenvalue weighted by Crippen LogP contribution is 1.96. The SMILES string of the molecule is CN=C(N(C)C)[N+](C)(C)C.O=N[O-]. The Labute approximate surface area is 79.0 Å². The van der Waals surface area contributed by atoms with E-state index in [4.69, 9.17) is 10.1 Å². The van der Waals surface area contributed by atoms with Gasteiger partial charge < -0.3 is 15.0 Å². The molecule has 0 aliphatic rings. The quantitative estimate of drug-likeness (QED) is 0.183. The van der Waals surface area contributed by atoms with Crippen molar-refractivity contribution in [1.82, 2.24) is 4.90 Å². The van der Waals surface area contributed by atoms with E-state index in [1.165, 1.54) is 0 Å². The molecule has 0 aromatic carbocycles. The lowest BCUT2D eigenvalue weighted by atomic mass is 10.6. The number of hydrogen-bond donors (Lipinski definition) is 0. The van der Waals surface area contributed by atoms with Crippen LogP contribution in [0.2, 0.25) is 0 Å². The molecule has 0 radical (unpaired) electrons. The fourth-order valence-corrected chi connectivity index (χ4v) is 1.10. The lowest BCUT2D eigenvalue weighted by molar-refractivity contribution is -0.782. The lowest BCUT2D eigenvalue weighted by Crippen LogP contribution is -2.48. The first-order chi connectivity index (χ1) is 5.81. The summed E-state index contributed by atoms with van der Waals surface area (Å²) in [6.07, 6.45) is 0. The Morgan fingerprint density at radius 3 is 1.62 bits per heavy atom. The molecule has 6 nitrogen and oxygen atoms in total. The Hall–Kier alpha value is -1.17. The highest BCUT2D eigenvalue weighted by molar-refractivity contribution is 5.72. The zero-order valence-corrected chi connectivity index (χ0v) is 9.11. The molecule has 0 fully saturated rings. The first-order valence-corrected chi connectivity index (χ1v) is 3.72. The molecule has 0 aliphatic carbocycles. The van der Waals surface area contributed by atoms with Crippen molar-refractivity contribution in [3.05, 3.63) is 10.1 Å². The van der Waals surface area contributed by atoms with Gasteiger partial charge in [-0.3, -0.25) is 4.48 Å². The highest BCUT2D eigenvalue weighted by atomic mass is 16.6. The van der Waals surface area contributed by atoms with Gasteiger partial charge in [-0.2, -0.15) is 0 Å². The molecule has 0 aliphatic heterocycles. The van der Waals surface area contributed by atoms with E-state index in [0.717, 1.165) is 15.8 Å². The third-order valence-electron chi connectivity index (χ3n) is 1.20. The molecule has 0 unspecified atom stereocenters. The van der Waals surface area contributed by atoms with Crippen LogP contribution in [0, 0.1) is 10.1 Å². The second kappa shape index (κ2) is 6.36. The van der Waals surface area contributed by atoms with Gasteiger partial charge in [0.1, 0.15) is 0 Å². The lowest BCUT2D eigenvalue weighted by Gasteiger charge is -2.28. The van der Waals surface area contributed by atoms with E-state index in [0.29, 0.717) is 0 Å². The van der Waals surface area contributed by atoms with E-state index in [1.54, 1.807) is 0 Å². The van der Waals surface area contributed by atoms with Crippen molar-refractivity contribution in [3.8, 4) is 0 Å². The van der Waals surface area contributed by atoms with E-state index in [9.17, 15) is 0 Å². The van der Waals surface area contributed by atoms with Crippen LogP contribution in [0.15, 0.2) is 10.3 Å². The molecular weight excluding hydrogens is 172 g/mol. The molecule has 0 rings (SSSR count). The van der Waals surface area contributed by atoms with Gasteiger partial charge in [0.25, 0.3) is 5.96 Å². The first kappa shape index (κ1) is 14.4. The molecule has 0 atom stereocenters. The third kappa shape index (κ3) is 7.20. The number of guanidine groups is 1. The molecule has 13 heavy (non-hydrogen) atoms. The van der Waals surface area contributed by atoms with Crippen LogP contribution < -0.4 is 0 Å². The molecule has 0 aromatic rings. The van der Waals surface area contributed by atoms with Crippen LogP contribution in [0.5, 0.6) is 0 Å². The number of quaternary nitrogens is 1. The summed E-state index contributed by atoms with van der Waals surface area (Å²) in [7, 11) is 12.1. The van der Waals surface area contributed by atoms with Crippen molar-refractivity contribution in [2.75, 3.05) is 42.3 Å². The van der Waals surface area contributed by atoms with Crippen molar-refractivity contribution < 1.29 is 4.48 Å². The molecule has 78 valence electrons. The van der Waals surface area contributed by atoms with Crippen molar-refractivity contribution in [2.24, 2.45) is 10.3 Å². The van der Waals surface area contributed by atoms with Gasteiger partial charge in [-0.15, -0.1) is 5.34 Å². The van der Waals surface area contributed by atoms with Gasteiger partial charge in [0.15, 0.2) is 0 Å².